The van der Waals surface area contributed by atoms with Crippen molar-refractivity contribution < 1.29 is 8.42 Å². The van der Waals surface area contributed by atoms with E-state index in [0.717, 1.165) is 24.0 Å². The van der Waals surface area contributed by atoms with E-state index in [0.29, 0.717) is 4.90 Å². The molecule has 0 saturated heterocycles. The van der Waals surface area contributed by atoms with Crippen molar-refractivity contribution in [1.29, 1.82) is 0 Å². The highest BCUT2D eigenvalue weighted by Gasteiger charge is 2.19. The molecule has 0 bridgehead atoms. The first-order valence-electron chi connectivity index (χ1n) is 7.52. The van der Waals surface area contributed by atoms with Crippen molar-refractivity contribution in [3.05, 3.63) is 65.2 Å². The molecule has 0 heterocycles. The smallest absolute Gasteiger partial charge is 0.208 e. The number of hydrogen-bond donors (Lipinski definition) is 1. The van der Waals surface area contributed by atoms with Gasteiger partial charge >= 0.3 is 0 Å². The van der Waals surface area contributed by atoms with Crippen molar-refractivity contribution in [3.63, 3.8) is 0 Å². The topological polar surface area (TPSA) is 46.2 Å². The van der Waals surface area contributed by atoms with Crippen LogP contribution in [0.2, 0.25) is 0 Å². The summed E-state index contributed by atoms with van der Waals surface area (Å²) >= 11 is 0. The summed E-state index contributed by atoms with van der Waals surface area (Å²) in [6.45, 7) is 5.69. The molecule has 0 aliphatic carbocycles. The Hall–Kier alpha value is -1.65. The van der Waals surface area contributed by atoms with Gasteiger partial charge in [-0.1, -0.05) is 48.0 Å². The monoisotopic (exact) mass is 317 g/mol. The van der Waals surface area contributed by atoms with E-state index in [-0.39, 0.29) is 6.04 Å². The van der Waals surface area contributed by atoms with Crippen LogP contribution in [0.5, 0.6) is 0 Å². The molecule has 0 saturated carbocycles. The Balaban J connectivity index is 2.02. The minimum atomic E-state index is -3.46. The van der Waals surface area contributed by atoms with Crippen LogP contribution in [-0.2, 0) is 16.4 Å². The molecule has 1 atom stereocenters. The number of benzene rings is 2. The molecule has 1 N–H and O–H groups in total. The van der Waals surface area contributed by atoms with E-state index in [1.165, 1.54) is 5.56 Å². The largest absolute Gasteiger partial charge is 0.241 e. The minimum Gasteiger partial charge on any atom is -0.208 e. The molecule has 0 unspecified atom stereocenters. The van der Waals surface area contributed by atoms with Gasteiger partial charge in [-0.15, -0.1) is 0 Å². The van der Waals surface area contributed by atoms with Crippen LogP contribution >= 0.6 is 0 Å². The number of rotatable bonds is 6. The van der Waals surface area contributed by atoms with E-state index in [2.05, 4.69) is 16.9 Å². The van der Waals surface area contributed by atoms with Gasteiger partial charge in [0.25, 0.3) is 0 Å². The van der Waals surface area contributed by atoms with Crippen molar-refractivity contribution in [2.24, 2.45) is 0 Å². The number of sulfonamides is 1. The standard InChI is InChI=1S/C18H23NO2S/c1-14-9-12-18(15(2)13-14)22(20,21)19-16(3)10-11-17-7-5-4-6-8-17/h4-9,12-13,16,19H,10-11H2,1-3H3/t16-/m1/s1. The maximum atomic E-state index is 12.5. The predicted molar refractivity (Wildman–Crippen MR) is 90.5 cm³/mol. The average molecular weight is 317 g/mol. The molecule has 0 aliphatic rings. The molecule has 2 aromatic carbocycles. The third-order valence-corrected chi connectivity index (χ3v) is 5.43. The molecule has 0 spiro atoms. The van der Waals surface area contributed by atoms with Gasteiger partial charge in [-0.3, -0.25) is 0 Å². The fraction of sp³-hybridized carbons (Fsp3) is 0.333. The third-order valence-electron chi connectivity index (χ3n) is 3.69. The lowest BCUT2D eigenvalue weighted by molar-refractivity contribution is 0.546. The van der Waals surface area contributed by atoms with Crippen LogP contribution in [-0.4, -0.2) is 14.5 Å². The Labute approximate surface area is 133 Å². The molecule has 4 heteroatoms. The average Bonchev–Trinajstić information content (AvgIpc) is 2.45. The van der Waals surface area contributed by atoms with E-state index in [1.54, 1.807) is 6.07 Å². The highest BCUT2D eigenvalue weighted by Crippen LogP contribution is 2.17. The molecule has 0 aliphatic heterocycles. The quantitative estimate of drug-likeness (QED) is 0.885. The van der Waals surface area contributed by atoms with Gasteiger partial charge in [0.15, 0.2) is 0 Å². The van der Waals surface area contributed by atoms with Gasteiger partial charge in [0.1, 0.15) is 0 Å². The van der Waals surface area contributed by atoms with Crippen LogP contribution in [0, 0.1) is 13.8 Å². The Kier molecular flexibility index (Phi) is 5.37. The Bertz CT molecular complexity index is 724. The number of aryl methyl sites for hydroxylation is 3. The predicted octanol–water partition coefficient (Wildman–Crippen LogP) is 3.60. The molecule has 0 aromatic heterocycles. The molecule has 0 amide bonds. The molecular formula is C18H23NO2S. The first kappa shape index (κ1) is 16.7. The van der Waals surface area contributed by atoms with E-state index in [4.69, 9.17) is 0 Å². The fourth-order valence-corrected chi connectivity index (χ4v) is 4.02. The molecule has 2 aromatic rings. The van der Waals surface area contributed by atoms with Crippen LogP contribution in [0.4, 0.5) is 0 Å². The SMILES string of the molecule is Cc1ccc(S(=O)(=O)N[C@H](C)CCc2ccccc2)c(C)c1. The lowest BCUT2D eigenvalue weighted by Crippen LogP contribution is -2.33. The van der Waals surface area contributed by atoms with Crippen molar-refractivity contribution >= 4 is 10.0 Å². The highest BCUT2D eigenvalue weighted by molar-refractivity contribution is 7.89. The maximum absolute atomic E-state index is 12.5. The second-order valence-corrected chi connectivity index (χ2v) is 7.50. The zero-order chi connectivity index (χ0) is 16.2. The van der Waals surface area contributed by atoms with Gasteiger partial charge in [-0.05, 0) is 50.8 Å². The van der Waals surface area contributed by atoms with Crippen LogP contribution in [0.3, 0.4) is 0 Å². The molecule has 0 fully saturated rings. The van der Waals surface area contributed by atoms with Crippen LogP contribution in [0.1, 0.15) is 30.0 Å². The first-order chi connectivity index (χ1) is 10.4. The first-order valence-corrected chi connectivity index (χ1v) is 9.00. The van der Waals surface area contributed by atoms with Gasteiger partial charge in [0.2, 0.25) is 10.0 Å². The maximum Gasteiger partial charge on any atom is 0.241 e. The Morgan fingerprint density at radius 1 is 1.05 bits per heavy atom. The zero-order valence-corrected chi connectivity index (χ0v) is 14.2. The summed E-state index contributed by atoms with van der Waals surface area (Å²) in [5, 5.41) is 0. The van der Waals surface area contributed by atoms with Gasteiger partial charge in [-0.2, -0.15) is 0 Å². The summed E-state index contributed by atoms with van der Waals surface area (Å²) < 4.78 is 27.7. The van der Waals surface area contributed by atoms with Crippen LogP contribution in [0.15, 0.2) is 53.4 Å². The summed E-state index contributed by atoms with van der Waals surface area (Å²) in [5.41, 5.74) is 3.07. The lowest BCUT2D eigenvalue weighted by Gasteiger charge is -2.15. The van der Waals surface area contributed by atoms with Crippen LogP contribution in [0.25, 0.3) is 0 Å². The molecular weight excluding hydrogens is 294 g/mol. The van der Waals surface area contributed by atoms with E-state index in [9.17, 15) is 8.42 Å². The lowest BCUT2D eigenvalue weighted by atomic mass is 10.1. The van der Waals surface area contributed by atoms with E-state index < -0.39 is 10.0 Å². The summed E-state index contributed by atoms with van der Waals surface area (Å²) in [5.74, 6) is 0. The van der Waals surface area contributed by atoms with E-state index >= 15 is 0 Å². The Morgan fingerprint density at radius 2 is 1.73 bits per heavy atom. The van der Waals surface area contributed by atoms with Gasteiger partial charge in [0.05, 0.1) is 4.90 Å². The second kappa shape index (κ2) is 7.07. The summed E-state index contributed by atoms with van der Waals surface area (Å²) in [6.07, 6.45) is 1.63. The van der Waals surface area contributed by atoms with Crippen molar-refractivity contribution in [3.8, 4) is 0 Å². The molecule has 118 valence electrons. The van der Waals surface area contributed by atoms with E-state index in [1.807, 2.05) is 51.1 Å². The fourth-order valence-electron chi connectivity index (χ4n) is 2.52. The van der Waals surface area contributed by atoms with Gasteiger partial charge in [-0.25, -0.2) is 13.1 Å². The molecule has 0 radical (unpaired) electrons. The highest BCUT2D eigenvalue weighted by atomic mass is 32.2. The van der Waals surface area contributed by atoms with Gasteiger partial charge in [0, 0.05) is 6.04 Å². The Morgan fingerprint density at radius 3 is 2.36 bits per heavy atom. The summed E-state index contributed by atoms with van der Waals surface area (Å²) in [4.78, 5) is 0.365. The van der Waals surface area contributed by atoms with Gasteiger partial charge < -0.3 is 0 Å². The van der Waals surface area contributed by atoms with Crippen molar-refractivity contribution in [1.82, 2.24) is 4.72 Å². The molecule has 22 heavy (non-hydrogen) atoms. The third kappa shape index (κ3) is 4.42. The molecule has 3 nitrogen and oxygen atoms in total. The summed E-state index contributed by atoms with van der Waals surface area (Å²) in [6, 6.07) is 15.4. The number of hydrogen-bond acceptors (Lipinski definition) is 2. The molecule has 2 rings (SSSR count). The normalized spacial score (nSPS) is 13.0. The minimum absolute atomic E-state index is 0.106. The second-order valence-electron chi connectivity index (χ2n) is 5.82. The number of nitrogens with one attached hydrogen (secondary N) is 1. The van der Waals surface area contributed by atoms with Crippen LogP contribution < -0.4 is 4.72 Å². The van der Waals surface area contributed by atoms with Crippen molar-refractivity contribution in [2.45, 2.75) is 44.6 Å². The summed E-state index contributed by atoms with van der Waals surface area (Å²) in [7, 11) is -3.46. The zero-order valence-electron chi connectivity index (χ0n) is 13.3. The van der Waals surface area contributed by atoms with Crippen molar-refractivity contribution in [2.75, 3.05) is 0 Å².